The fraction of sp³-hybridized carbons (Fsp3) is 0.486. The first-order chi connectivity index (χ1) is 20.3. The van der Waals surface area contributed by atoms with Gasteiger partial charge in [0, 0.05) is 44.3 Å². The molecule has 2 aromatic carbocycles. The number of carbonyl (C=O) groups is 2. The Morgan fingerprint density at radius 2 is 1.55 bits per heavy atom. The van der Waals surface area contributed by atoms with Gasteiger partial charge >= 0.3 is 0 Å². The lowest BCUT2D eigenvalue weighted by atomic mass is 9.99. The number of amides is 2. The highest BCUT2D eigenvalue weighted by atomic mass is 32.1. The van der Waals surface area contributed by atoms with E-state index in [0.717, 1.165) is 59.6 Å². The molecule has 6 nitrogen and oxygen atoms in total. The van der Waals surface area contributed by atoms with Crippen LogP contribution in [0.5, 0.6) is 0 Å². The van der Waals surface area contributed by atoms with Gasteiger partial charge in [0.25, 0.3) is 11.8 Å². The molecule has 0 radical (unpaired) electrons. The lowest BCUT2D eigenvalue weighted by molar-refractivity contribution is 0.0540. The van der Waals surface area contributed by atoms with Gasteiger partial charge in [-0.2, -0.15) is 0 Å². The third-order valence-electron chi connectivity index (χ3n) is 8.75. The van der Waals surface area contributed by atoms with Gasteiger partial charge < -0.3 is 19.8 Å². The summed E-state index contributed by atoms with van der Waals surface area (Å²) in [5, 5.41) is 11.8. The van der Waals surface area contributed by atoms with Crippen LogP contribution in [-0.4, -0.2) is 76.5 Å². The van der Waals surface area contributed by atoms with Gasteiger partial charge in [0.1, 0.15) is 0 Å². The standard InChI is InChI=1S/C35H45N3O3S/c1-25(2)12-17-36-18-13-31(14-19-36)38(35(41)33-22-26(3)24-42-33)23-27-4-6-28(7-5-27)29-8-10-30(11-9-29)34(40)37-20-15-32(39)16-21-37/h4-11,22,24-25,31-32,39H,12-21,23H2,1-3H3. The number of aliphatic hydroxyl groups excluding tert-OH is 1. The van der Waals surface area contributed by atoms with Crippen LogP contribution < -0.4 is 0 Å². The largest absolute Gasteiger partial charge is 0.393 e. The molecule has 42 heavy (non-hydrogen) atoms. The van der Waals surface area contributed by atoms with E-state index in [-0.39, 0.29) is 24.0 Å². The van der Waals surface area contributed by atoms with E-state index in [1.807, 2.05) is 42.2 Å². The van der Waals surface area contributed by atoms with Crippen LogP contribution >= 0.6 is 11.3 Å². The second-order valence-electron chi connectivity index (χ2n) is 12.5. The number of likely N-dealkylation sites (tertiary alicyclic amines) is 2. The minimum Gasteiger partial charge on any atom is -0.393 e. The third kappa shape index (κ3) is 7.68. The molecule has 2 aliphatic heterocycles. The lowest BCUT2D eigenvalue weighted by Gasteiger charge is -2.38. The van der Waals surface area contributed by atoms with Crippen molar-refractivity contribution in [3.05, 3.63) is 81.5 Å². The molecule has 3 heterocycles. The van der Waals surface area contributed by atoms with Gasteiger partial charge in [-0.1, -0.05) is 50.2 Å². The number of hydrogen-bond acceptors (Lipinski definition) is 5. The summed E-state index contributed by atoms with van der Waals surface area (Å²) in [6.45, 7) is 11.6. The summed E-state index contributed by atoms with van der Waals surface area (Å²) in [4.78, 5) is 33.9. The number of benzene rings is 2. The van der Waals surface area contributed by atoms with Crippen LogP contribution in [-0.2, 0) is 6.54 Å². The predicted octanol–water partition coefficient (Wildman–Crippen LogP) is 6.47. The van der Waals surface area contributed by atoms with Crippen LogP contribution in [0.2, 0.25) is 0 Å². The monoisotopic (exact) mass is 587 g/mol. The average molecular weight is 588 g/mol. The molecule has 0 saturated carbocycles. The topological polar surface area (TPSA) is 64.1 Å². The summed E-state index contributed by atoms with van der Waals surface area (Å²) >= 11 is 1.54. The molecule has 224 valence electrons. The molecular weight excluding hydrogens is 542 g/mol. The van der Waals surface area contributed by atoms with Crippen molar-refractivity contribution in [1.29, 1.82) is 0 Å². The molecule has 2 saturated heterocycles. The van der Waals surface area contributed by atoms with E-state index >= 15 is 0 Å². The number of aliphatic hydroxyl groups is 1. The molecule has 0 spiro atoms. The van der Waals surface area contributed by atoms with Crippen molar-refractivity contribution < 1.29 is 14.7 Å². The third-order valence-corrected chi connectivity index (χ3v) is 9.78. The fourth-order valence-electron chi connectivity index (χ4n) is 6.00. The maximum Gasteiger partial charge on any atom is 0.264 e. The van der Waals surface area contributed by atoms with Gasteiger partial charge in [0.05, 0.1) is 11.0 Å². The minimum absolute atomic E-state index is 0.0280. The van der Waals surface area contributed by atoms with Gasteiger partial charge in [0.2, 0.25) is 0 Å². The summed E-state index contributed by atoms with van der Waals surface area (Å²) < 4.78 is 0. The normalized spacial score (nSPS) is 17.1. The van der Waals surface area contributed by atoms with Gasteiger partial charge in [-0.25, -0.2) is 0 Å². The minimum atomic E-state index is -0.294. The summed E-state index contributed by atoms with van der Waals surface area (Å²) in [6, 6.07) is 18.5. The number of aryl methyl sites for hydroxylation is 1. The second kappa shape index (κ2) is 14.0. The molecule has 2 aliphatic rings. The van der Waals surface area contributed by atoms with Gasteiger partial charge in [-0.05, 0) is 97.3 Å². The maximum atomic E-state index is 13.7. The Morgan fingerprint density at radius 3 is 2.12 bits per heavy atom. The van der Waals surface area contributed by atoms with Gasteiger partial charge in [0.15, 0.2) is 0 Å². The highest BCUT2D eigenvalue weighted by molar-refractivity contribution is 7.12. The molecule has 7 heteroatoms. The molecular formula is C35H45N3O3S. The summed E-state index contributed by atoms with van der Waals surface area (Å²) in [7, 11) is 0. The van der Waals surface area contributed by atoms with Gasteiger partial charge in [-0.15, -0.1) is 11.3 Å². The Morgan fingerprint density at radius 1 is 0.929 bits per heavy atom. The summed E-state index contributed by atoms with van der Waals surface area (Å²) in [6.07, 6.45) is 4.23. The van der Waals surface area contributed by atoms with Crippen LogP contribution in [0.1, 0.15) is 77.1 Å². The second-order valence-corrected chi connectivity index (χ2v) is 13.4. The highest BCUT2D eigenvalue weighted by Gasteiger charge is 2.29. The van der Waals surface area contributed by atoms with Crippen molar-refractivity contribution in [3.8, 4) is 11.1 Å². The van der Waals surface area contributed by atoms with E-state index in [9.17, 15) is 14.7 Å². The summed E-state index contributed by atoms with van der Waals surface area (Å²) in [5.41, 5.74) is 5.09. The molecule has 0 aliphatic carbocycles. The number of nitrogens with zero attached hydrogens (tertiary/aromatic N) is 3. The van der Waals surface area contributed by atoms with E-state index in [1.165, 1.54) is 6.42 Å². The molecule has 5 rings (SSSR count). The lowest BCUT2D eigenvalue weighted by Crippen LogP contribution is -2.47. The first-order valence-electron chi connectivity index (χ1n) is 15.5. The Hall–Kier alpha value is -3.00. The number of hydrogen-bond donors (Lipinski definition) is 1. The average Bonchev–Trinajstić information content (AvgIpc) is 3.45. The summed E-state index contributed by atoms with van der Waals surface area (Å²) in [5.74, 6) is 0.878. The first kappa shape index (κ1) is 30.5. The van der Waals surface area contributed by atoms with Gasteiger partial charge in [-0.3, -0.25) is 9.59 Å². The molecule has 3 aromatic rings. The van der Waals surface area contributed by atoms with E-state index < -0.39 is 0 Å². The van der Waals surface area contributed by atoms with Crippen LogP contribution in [0.15, 0.2) is 60.0 Å². The number of carbonyl (C=O) groups excluding carboxylic acids is 2. The Bertz CT molecular complexity index is 1320. The van der Waals surface area contributed by atoms with E-state index in [1.54, 1.807) is 11.3 Å². The van der Waals surface area contributed by atoms with E-state index in [0.29, 0.717) is 44.0 Å². The molecule has 0 bridgehead atoms. The molecule has 0 atom stereocenters. The van der Waals surface area contributed by atoms with Crippen molar-refractivity contribution >= 4 is 23.2 Å². The van der Waals surface area contributed by atoms with Crippen molar-refractivity contribution in [2.75, 3.05) is 32.7 Å². The van der Waals surface area contributed by atoms with E-state index in [4.69, 9.17) is 0 Å². The quantitative estimate of drug-likeness (QED) is 0.312. The van der Waals surface area contributed by atoms with Crippen molar-refractivity contribution in [3.63, 3.8) is 0 Å². The van der Waals surface area contributed by atoms with Crippen LogP contribution in [0.4, 0.5) is 0 Å². The Kier molecular flexibility index (Phi) is 10.1. The zero-order valence-corrected chi connectivity index (χ0v) is 26.1. The Labute approximate surface area is 255 Å². The van der Waals surface area contributed by atoms with Crippen LogP contribution in [0.25, 0.3) is 11.1 Å². The van der Waals surface area contributed by atoms with Crippen molar-refractivity contribution in [2.24, 2.45) is 5.92 Å². The SMILES string of the molecule is Cc1csc(C(=O)N(Cc2ccc(-c3ccc(C(=O)N4CCC(O)CC4)cc3)cc2)C2CCN(CCC(C)C)CC2)c1. The number of rotatable bonds is 9. The number of piperidine rings is 2. The Balaban J connectivity index is 1.25. The highest BCUT2D eigenvalue weighted by Crippen LogP contribution is 2.27. The predicted molar refractivity (Wildman–Crippen MR) is 171 cm³/mol. The van der Waals surface area contributed by atoms with Crippen molar-refractivity contribution in [2.45, 2.75) is 71.6 Å². The smallest absolute Gasteiger partial charge is 0.264 e. The first-order valence-corrected chi connectivity index (χ1v) is 16.4. The van der Waals surface area contributed by atoms with Crippen LogP contribution in [0, 0.1) is 12.8 Å². The molecule has 0 unspecified atom stereocenters. The zero-order chi connectivity index (χ0) is 29.6. The number of thiophene rings is 1. The zero-order valence-electron chi connectivity index (χ0n) is 25.3. The molecule has 1 N–H and O–H groups in total. The van der Waals surface area contributed by atoms with E-state index in [2.05, 4.69) is 53.3 Å². The maximum absolute atomic E-state index is 13.7. The van der Waals surface area contributed by atoms with Crippen LogP contribution in [0.3, 0.4) is 0 Å². The molecule has 2 fully saturated rings. The fourth-order valence-corrected chi connectivity index (χ4v) is 6.86. The molecule has 2 amide bonds. The van der Waals surface area contributed by atoms with Crippen molar-refractivity contribution in [1.82, 2.24) is 14.7 Å². The molecule has 1 aromatic heterocycles.